The number of aromatic nitrogens is 1. The minimum absolute atomic E-state index is 0.0119. The van der Waals surface area contributed by atoms with Gasteiger partial charge < -0.3 is 20.7 Å². The second kappa shape index (κ2) is 7.77. The first-order valence-electron chi connectivity index (χ1n) is 6.31. The SMILES string of the molecule is CCS(=O)(=O)c1c(N)nsc1NCCN(C)CCOC. The summed E-state index contributed by atoms with van der Waals surface area (Å²) in [5.41, 5.74) is 5.65. The number of hydrogen-bond donors (Lipinski definition) is 2. The predicted octanol–water partition coefficient (Wildman–Crippen LogP) is 0.509. The molecule has 0 radical (unpaired) electrons. The zero-order chi connectivity index (χ0) is 15.2. The van der Waals surface area contributed by atoms with Gasteiger partial charge in [0.25, 0.3) is 0 Å². The molecule has 0 saturated heterocycles. The molecule has 1 aromatic heterocycles. The summed E-state index contributed by atoms with van der Waals surface area (Å²) in [4.78, 5) is 2.22. The highest BCUT2D eigenvalue weighted by molar-refractivity contribution is 7.91. The first-order valence-corrected chi connectivity index (χ1v) is 8.74. The van der Waals surface area contributed by atoms with Crippen LogP contribution in [-0.2, 0) is 14.6 Å². The molecule has 0 spiro atoms. The maximum atomic E-state index is 12.0. The third-order valence-electron chi connectivity index (χ3n) is 2.82. The van der Waals surface area contributed by atoms with Gasteiger partial charge in [0.1, 0.15) is 9.90 Å². The second-order valence-electron chi connectivity index (χ2n) is 4.35. The van der Waals surface area contributed by atoms with Crippen LogP contribution in [0.3, 0.4) is 0 Å². The number of rotatable bonds is 9. The van der Waals surface area contributed by atoms with Crippen LogP contribution in [0.25, 0.3) is 0 Å². The lowest BCUT2D eigenvalue weighted by molar-refractivity contribution is 0.163. The fourth-order valence-corrected chi connectivity index (χ4v) is 3.76. The molecule has 1 rings (SSSR count). The maximum Gasteiger partial charge on any atom is 0.184 e. The third-order valence-corrected chi connectivity index (χ3v) is 5.56. The summed E-state index contributed by atoms with van der Waals surface area (Å²) in [5.74, 6) is 0.0879. The number of nitrogens with two attached hydrogens (primary N) is 1. The Bertz CT molecular complexity index is 516. The van der Waals surface area contributed by atoms with E-state index in [2.05, 4.69) is 14.6 Å². The first kappa shape index (κ1) is 17.2. The fraction of sp³-hybridized carbons (Fsp3) is 0.727. The van der Waals surface area contributed by atoms with Crippen LogP contribution in [0, 0.1) is 0 Å². The number of nitrogens with zero attached hydrogens (tertiary/aromatic N) is 2. The van der Waals surface area contributed by atoms with Gasteiger partial charge in [-0.1, -0.05) is 6.92 Å². The van der Waals surface area contributed by atoms with Crippen LogP contribution in [0.15, 0.2) is 4.90 Å². The number of ether oxygens (including phenoxy) is 1. The second-order valence-corrected chi connectivity index (χ2v) is 7.34. The Balaban J connectivity index is 2.62. The molecule has 7 nitrogen and oxygen atoms in total. The van der Waals surface area contributed by atoms with E-state index in [1.807, 2.05) is 7.05 Å². The van der Waals surface area contributed by atoms with Crippen LogP contribution in [0.4, 0.5) is 10.8 Å². The van der Waals surface area contributed by atoms with Crippen LogP contribution < -0.4 is 11.1 Å². The van der Waals surface area contributed by atoms with Gasteiger partial charge in [-0.25, -0.2) is 8.42 Å². The molecule has 0 aliphatic heterocycles. The van der Waals surface area contributed by atoms with Crippen molar-refractivity contribution in [2.24, 2.45) is 0 Å². The van der Waals surface area contributed by atoms with Crippen molar-refractivity contribution in [2.45, 2.75) is 11.8 Å². The molecule has 0 aliphatic rings. The molecule has 0 amide bonds. The molecule has 116 valence electrons. The topological polar surface area (TPSA) is 97.5 Å². The van der Waals surface area contributed by atoms with Crippen LogP contribution in [0.5, 0.6) is 0 Å². The van der Waals surface area contributed by atoms with Crippen LogP contribution in [0.1, 0.15) is 6.92 Å². The van der Waals surface area contributed by atoms with Crippen molar-refractivity contribution in [3.8, 4) is 0 Å². The molecule has 9 heteroatoms. The molecule has 3 N–H and O–H groups in total. The Morgan fingerprint density at radius 3 is 2.75 bits per heavy atom. The van der Waals surface area contributed by atoms with E-state index in [9.17, 15) is 8.42 Å². The number of nitrogen functional groups attached to an aromatic ring is 1. The Hall–Kier alpha value is -0.900. The molecule has 0 fully saturated rings. The van der Waals surface area contributed by atoms with Gasteiger partial charge in [0, 0.05) is 26.7 Å². The van der Waals surface area contributed by atoms with Crippen LogP contribution in [0.2, 0.25) is 0 Å². The fourth-order valence-electron chi connectivity index (χ4n) is 1.57. The molecule has 0 saturated carbocycles. The Kier molecular flexibility index (Phi) is 6.66. The first-order chi connectivity index (χ1) is 9.42. The van der Waals surface area contributed by atoms with Gasteiger partial charge in [-0.3, -0.25) is 0 Å². The molecule has 0 atom stereocenters. The van der Waals surface area contributed by atoms with E-state index in [-0.39, 0.29) is 16.5 Å². The Labute approximate surface area is 124 Å². The van der Waals surface area contributed by atoms with Crippen molar-refractivity contribution < 1.29 is 13.2 Å². The number of likely N-dealkylation sites (N-methyl/N-ethyl adjacent to an activating group) is 1. The van der Waals surface area contributed by atoms with E-state index in [4.69, 9.17) is 10.5 Å². The molecule has 0 unspecified atom stereocenters. The molecule has 0 bridgehead atoms. The van der Waals surface area contributed by atoms with Gasteiger partial charge in [0.2, 0.25) is 0 Å². The van der Waals surface area contributed by atoms with E-state index < -0.39 is 9.84 Å². The quantitative estimate of drug-likeness (QED) is 0.683. The third kappa shape index (κ3) is 4.58. The number of methoxy groups -OCH3 is 1. The average molecular weight is 322 g/mol. The summed E-state index contributed by atoms with van der Waals surface area (Å²) in [5, 5.41) is 3.61. The zero-order valence-corrected chi connectivity index (χ0v) is 13.7. The summed E-state index contributed by atoms with van der Waals surface area (Å²) in [7, 11) is 0.284. The molecule has 1 heterocycles. The molecular weight excluding hydrogens is 300 g/mol. The van der Waals surface area contributed by atoms with Crippen molar-refractivity contribution in [3.63, 3.8) is 0 Å². The van der Waals surface area contributed by atoms with E-state index in [0.717, 1.165) is 24.6 Å². The summed E-state index contributed by atoms with van der Waals surface area (Å²) in [6, 6.07) is 0. The smallest absolute Gasteiger partial charge is 0.184 e. The maximum absolute atomic E-state index is 12.0. The van der Waals surface area contributed by atoms with Gasteiger partial charge in [-0.2, -0.15) is 4.37 Å². The van der Waals surface area contributed by atoms with Gasteiger partial charge in [0.05, 0.1) is 12.4 Å². The largest absolute Gasteiger partial charge is 0.383 e. The summed E-state index contributed by atoms with van der Waals surface area (Å²) in [6.45, 7) is 4.47. The van der Waals surface area contributed by atoms with Crippen molar-refractivity contribution in [1.29, 1.82) is 0 Å². The van der Waals surface area contributed by atoms with Crippen LogP contribution >= 0.6 is 11.5 Å². The Morgan fingerprint density at radius 2 is 2.15 bits per heavy atom. The highest BCUT2D eigenvalue weighted by Crippen LogP contribution is 2.31. The summed E-state index contributed by atoms with van der Waals surface area (Å²) in [6.07, 6.45) is 0. The number of hydrogen-bond acceptors (Lipinski definition) is 8. The van der Waals surface area contributed by atoms with Crippen molar-refractivity contribution in [3.05, 3.63) is 0 Å². The molecule has 0 aromatic carbocycles. The van der Waals surface area contributed by atoms with E-state index in [1.54, 1.807) is 14.0 Å². The van der Waals surface area contributed by atoms with Gasteiger partial charge in [-0.15, -0.1) is 0 Å². The van der Waals surface area contributed by atoms with Gasteiger partial charge in [-0.05, 0) is 18.6 Å². The number of anilines is 2. The van der Waals surface area contributed by atoms with E-state index >= 15 is 0 Å². The number of nitrogens with one attached hydrogen (secondary N) is 1. The lowest BCUT2D eigenvalue weighted by Crippen LogP contribution is -2.28. The lowest BCUT2D eigenvalue weighted by atomic mass is 10.5. The summed E-state index contributed by atoms with van der Waals surface area (Å²) < 4.78 is 32.8. The lowest BCUT2D eigenvalue weighted by Gasteiger charge is -2.16. The van der Waals surface area contributed by atoms with Crippen LogP contribution in [-0.4, -0.2) is 63.8 Å². The van der Waals surface area contributed by atoms with Crippen molar-refractivity contribution >= 4 is 32.2 Å². The van der Waals surface area contributed by atoms with Gasteiger partial charge in [0.15, 0.2) is 15.7 Å². The molecule has 1 aromatic rings. The minimum atomic E-state index is -3.35. The highest BCUT2D eigenvalue weighted by Gasteiger charge is 2.23. The van der Waals surface area contributed by atoms with Gasteiger partial charge >= 0.3 is 0 Å². The van der Waals surface area contributed by atoms with E-state index in [1.165, 1.54) is 0 Å². The van der Waals surface area contributed by atoms with Crippen molar-refractivity contribution in [1.82, 2.24) is 9.27 Å². The standard InChI is InChI=1S/C11H22N4O3S2/c1-4-20(16,17)9-10(12)14-19-11(9)13-5-6-15(2)7-8-18-3/h13H,4-8H2,1-3H3,(H2,12,14). The normalized spacial score (nSPS) is 12.0. The zero-order valence-electron chi connectivity index (χ0n) is 12.0. The summed E-state index contributed by atoms with van der Waals surface area (Å²) >= 11 is 1.08. The molecule has 0 aliphatic carbocycles. The predicted molar refractivity (Wildman–Crippen MR) is 82.1 cm³/mol. The van der Waals surface area contributed by atoms with E-state index in [0.29, 0.717) is 18.2 Å². The molecular formula is C11H22N4O3S2. The minimum Gasteiger partial charge on any atom is -0.383 e. The Morgan fingerprint density at radius 1 is 1.45 bits per heavy atom. The monoisotopic (exact) mass is 322 g/mol. The van der Waals surface area contributed by atoms with Crippen molar-refractivity contribution in [2.75, 3.05) is 57.2 Å². The average Bonchev–Trinajstić information content (AvgIpc) is 2.78. The molecule has 20 heavy (non-hydrogen) atoms. The highest BCUT2D eigenvalue weighted by atomic mass is 32.2. The number of sulfone groups is 1.